The minimum Gasteiger partial charge on any atom is -0.388 e. The van der Waals surface area contributed by atoms with Crippen molar-refractivity contribution in [3.8, 4) is 0 Å². The first kappa shape index (κ1) is 13.8. The van der Waals surface area contributed by atoms with Gasteiger partial charge in [0.05, 0.1) is 6.10 Å². The van der Waals surface area contributed by atoms with Crippen LogP contribution in [0.3, 0.4) is 0 Å². The number of thioether (sulfide) groups is 1. The maximum absolute atomic E-state index is 11.3. The number of ketones is 1. The molecule has 0 saturated heterocycles. The van der Waals surface area contributed by atoms with Crippen molar-refractivity contribution in [3.63, 3.8) is 0 Å². The summed E-state index contributed by atoms with van der Waals surface area (Å²) in [6.07, 6.45) is -0.493. The molecule has 3 heteroatoms. The molecule has 0 fully saturated rings. The Hall–Kier alpha value is -1.58. The van der Waals surface area contributed by atoms with E-state index in [9.17, 15) is 9.90 Å². The van der Waals surface area contributed by atoms with E-state index in [1.807, 2.05) is 48.5 Å². The average molecular weight is 272 g/mol. The lowest BCUT2D eigenvalue weighted by Gasteiger charge is -2.10. The Morgan fingerprint density at radius 1 is 1.16 bits per heavy atom. The van der Waals surface area contributed by atoms with E-state index < -0.39 is 6.10 Å². The summed E-state index contributed by atoms with van der Waals surface area (Å²) in [6, 6.07) is 17.1. The van der Waals surface area contributed by atoms with Gasteiger partial charge >= 0.3 is 0 Å². The molecular weight excluding hydrogens is 256 g/mol. The third kappa shape index (κ3) is 3.94. The molecule has 0 aromatic heterocycles. The Morgan fingerprint density at radius 2 is 1.89 bits per heavy atom. The summed E-state index contributed by atoms with van der Waals surface area (Å²) in [5, 5.41) is 10.1. The summed E-state index contributed by atoms with van der Waals surface area (Å²) in [6.45, 7) is 1.56. The molecule has 0 aliphatic rings. The molecule has 0 radical (unpaired) electrons. The first-order valence-corrected chi connectivity index (χ1v) is 7.12. The molecule has 98 valence electrons. The van der Waals surface area contributed by atoms with Crippen LogP contribution in [-0.2, 0) is 0 Å². The van der Waals surface area contributed by atoms with Gasteiger partial charge in [-0.25, -0.2) is 0 Å². The van der Waals surface area contributed by atoms with Gasteiger partial charge in [0.15, 0.2) is 5.78 Å². The highest BCUT2D eigenvalue weighted by atomic mass is 32.2. The number of aliphatic hydroxyl groups excluding tert-OH is 1. The number of hydrogen-bond acceptors (Lipinski definition) is 3. The Labute approximate surface area is 117 Å². The molecule has 2 nitrogen and oxygen atoms in total. The van der Waals surface area contributed by atoms with Crippen molar-refractivity contribution in [1.82, 2.24) is 0 Å². The lowest BCUT2D eigenvalue weighted by Crippen LogP contribution is -2.00. The zero-order chi connectivity index (χ0) is 13.7. The molecule has 0 spiro atoms. The zero-order valence-corrected chi connectivity index (χ0v) is 11.6. The van der Waals surface area contributed by atoms with E-state index >= 15 is 0 Å². The van der Waals surface area contributed by atoms with Crippen LogP contribution in [0, 0.1) is 0 Å². The second-order valence-electron chi connectivity index (χ2n) is 4.32. The van der Waals surface area contributed by atoms with E-state index in [-0.39, 0.29) is 5.78 Å². The highest BCUT2D eigenvalue weighted by Gasteiger charge is 2.08. The summed E-state index contributed by atoms with van der Waals surface area (Å²) in [7, 11) is 0. The summed E-state index contributed by atoms with van der Waals surface area (Å²) < 4.78 is 0. The third-order valence-electron chi connectivity index (χ3n) is 2.83. The summed E-state index contributed by atoms with van der Waals surface area (Å²) in [4.78, 5) is 12.3. The molecule has 2 aromatic rings. The fourth-order valence-corrected chi connectivity index (χ4v) is 2.68. The van der Waals surface area contributed by atoms with Gasteiger partial charge in [0.1, 0.15) is 0 Å². The fourth-order valence-electron chi connectivity index (χ4n) is 1.75. The van der Waals surface area contributed by atoms with E-state index in [1.54, 1.807) is 24.8 Å². The van der Waals surface area contributed by atoms with Gasteiger partial charge in [-0.15, -0.1) is 11.8 Å². The van der Waals surface area contributed by atoms with Gasteiger partial charge in [-0.2, -0.15) is 0 Å². The van der Waals surface area contributed by atoms with Crippen LogP contribution < -0.4 is 0 Å². The van der Waals surface area contributed by atoms with Gasteiger partial charge in [0.25, 0.3) is 0 Å². The van der Waals surface area contributed by atoms with E-state index in [0.717, 1.165) is 10.5 Å². The Morgan fingerprint density at radius 3 is 2.58 bits per heavy atom. The van der Waals surface area contributed by atoms with Crippen LogP contribution in [0.1, 0.15) is 28.9 Å². The van der Waals surface area contributed by atoms with Crippen molar-refractivity contribution in [2.45, 2.75) is 17.9 Å². The van der Waals surface area contributed by atoms with Gasteiger partial charge in [0.2, 0.25) is 0 Å². The zero-order valence-electron chi connectivity index (χ0n) is 10.7. The lowest BCUT2D eigenvalue weighted by molar-refractivity contribution is 0.101. The topological polar surface area (TPSA) is 37.3 Å². The molecule has 0 aliphatic heterocycles. The maximum Gasteiger partial charge on any atom is 0.159 e. The number of rotatable bonds is 5. The number of aliphatic hydroxyl groups is 1. The quantitative estimate of drug-likeness (QED) is 0.666. The normalized spacial score (nSPS) is 12.1. The number of carbonyl (C=O) groups excluding carboxylic acids is 1. The number of Topliss-reactive ketones (excluding diaryl/α,β-unsaturated/α-hetero) is 1. The van der Waals surface area contributed by atoms with Crippen LogP contribution in [0.2, 0.25) is 0 Å². The van der Waals surface area contributed by atoms with E-state index in [4.69, 9.17) is 0 Å². The van der Waals surface area contributed by atoms with Crippen LogP contribution in [-0.4, -0.2) is 16.6 Å². The minimum atomic E-state index is -0.493. The molecule has 0 saturated carbocycles. The molecule has 19 heavy (non-hydrogen) atoms. The van der Waals surface area contributed by atoms with Crippen LogP contribution in [0.5, 0.6) is 0 Å². The Bertz CT molecular complexity index is 552. The fraction of sp³-hybridized carbons (Fsp3) is 0.188. The van der Waals surface area contributed by atoms with Crippen molar-refractivity contribution in [1.29, 1.82) is 0 Å². The second kappa shape index (κ2) is 6.55. The standard InChI is InChI=1S/C16H16O2S/c1-12(17)14-8-5-9-15(10-14)19-11-16(18)13-6-3-2-4-7-13/h2-10,16,18H,11H2,1H3. The predicted octanol–water partition coefficient (Wildman–Crippen LogP) is 3.71. The highest BCUT2D eigenvalue weighted by molar-refractivity contribution is 7.99. The molecular formula is C16H16O2S. The monoisotopic (exact) mass is 272 g/mol. The van der Waals surface area contributed by atoms with Crippen molar-refractivity contribution < 1.29 is 9.90 Å². The third-order valence-corrected chi connectivity index (χ3v) is 3.90. The second-order valence-corrected chi connectivity index (χ2v) is 5.41. The molecule has 0 aliphatic carbocycles. The molecule has 1 atom stereocenters. The molecule has 2 rings (SSSR count). The van der Waals surface area contributed by atoms with Crippen LogP contribution in [0.25, 0.3) is 0 Å². The Balaban J connectivity index is 1.99. The lowest BCUT2D eigenvalue weighted by atomic mass is 10.1. The summed E-state index contributed by atoms with van der Waals surface area (Å²) in [5.74, 6) is 0.636. The van der Waals surface area contributed by atoms with Crippen molar-refractivity contribution in [2.24, 2.45) is 0 Å². The smallest absolute Gasteiger partial charge is 0.159 e. The summed E-state index contributed by atoms with van der Waals surface area (Å²) >= 11 is 1.55. The maximum atomic E-state index is 11.3. The van der Waals surface area contributed by atoms with Crippen LogP contribution in [0.15, 0.2) is 59.5 Å². The van der Waals surface area contributed by atoms with Gasteiger partial charge in [-0.3, -0.25) is 4.79 Å². The van der Waals surface area contributed by atoms with Gasteiger partial charge in [-0.1, -0.05) is 42.5 Å². The Kier molecular flexibility index (Phi) is 4.77. The van der Waals surface area contributed by atoms with E-state index in [0.29, 0.717) is 11.3 Å². The van der Waals surface area contributed by atoms with Crippen molar-refractivity contribution >= 4 is 17.5 Å². The average Bonchev–Trinajstić information content (AvgIpc) is 2.46. The van der Waals surface area contributed by atoms with Gasteiger partial charge in [-0.05, 0) is 24.6 Å². The molecule has 2 aromatic carbocycles. The molecule has 0 heterocycles. The summed E-state index contributed by atoms with van der Waals surface area (Å²) in [5.41, 5.74) is 1.62. The number of hydrogen-bond donors (Lipinski definition) is 1. The van der Waals surface area contributed by atoms with Crippen molar-refractivity contribution in [2.75, 3.05) is 5.75 Å². The molecule has 0 bridgehead atoms. The molecule has 1 unspecified atom stereocenters. The van der Waals surface area contributed by atoms with Gasteiger partial charge < -0.3 is 5.11 Å². The van der Waals surface area contributed by atoms with Crippen LogP contribution in [0.4, 0.5) is 0 Å². The van der Waals surface area contributed by atoms with E-state index in [2.05, 4.69) is 0 Å². The highest BCUT2D eigenvalue weighted by Crippen LogP contribution is 2.25. The first-order chi connectivity index (χ1) is 9.16. The van der Waals surface area contributed by atoms with Crippen molar-refractivity contribution in [3.05, 3.63) is 65.7 Å². The first-order valence-electron chi connectivity index (χ1n) is 6.13. The number of carbonyl (C=O) groups is 1. The largest absolute Gasteiger partial charge is 0.388 e. The minimum absolute atomic E-state index is 0.0612. The number of benzene rings is 2. The van der Waals surface area contributed by atoms with Crippen LogP contribution >= 0.6 is 11.8 Å². The molecule has 0 amide bonds. The predicted molar refractivity (Wildman–Crippen MR) is 78.6 cm³/mol. The molecule has 1 N–H and O–H groups in total. The van der Waals surface area contributed by atoms with Gasteiger partial charge in [0, 0.05) is 16.2 Å². The van der Waals surface area contributed by atoms with E-state index in [1.165, 1.54) is 0 Å². The SMILES string of the molecule is CC(=O)c1cccc(SCC(O)c2ccccc2)c1.